The molecule has 0 spiro atoms. The van der Waals surface area contributed by atoms with Crippen LogP contribution in [0.5, 0.6) is 5.75 Å². The Morgan fingerprint density at radius 2 is 1.81 bits per heavy atom. The van der Waals surface area contributed by atoms with Crippen molar-refractivity contribution in [2.45, 2.75) is 4.90 Å². The lowest BCUT2D eigenvalue weighted by molar-refractivity contribution is 0.342. The first-order valence-corrected chi connectivity index (χ1v) is 8.14. The standard InChI is InChI=1S/C15H11Cl2NO2S/c16-14-6-5-13(9-15(14)17)21(19)8-7-20-12-3-1-11(10-18)2-4-12/h1-6,9H,7-8H2. The van der Waals surface area contributed by atoms with Crippen LogP contribution in [0, 0.1) is 11.3 Å². The minimum absolute atomic E-state index is 0.304. The van der Waals surface area contributed by atoms with Gasteiger partial charge in [-0.3, -0.25) is 4.21 Å². The number of rotatable bonds is 5. The van der Waals surface area contributed by atoms with E-state index in [2.05, 4.69) is 0 Å². The van der Waals surface area contributed by atoms with Gasteiger partial charge < -0.3 is 4.74 Å². The Labute approximate surface area is 135 Å². The van der Waals surface area contributed by atoms with Crippen LogP contribution in [-0.4, -0.2) is 16.6 Å². The van der Waals surface area contributed by atoms with E-state index in [-0.39, 0.29) is 0 Å². The second-order valence-electron chi connectivity index (χ2n) is 4.11. The van der Waals surface area contributed by atoms with Crippen LogP contribution in [0.2, 0.25) is 10.0 Å². The molecule has 2 rings (SSSR count). The zero-order valence-corrected chi connectivity index (χ0v) is 13.2. The Hall–Kier alpha value is -1.54. The number of hydrogen-bond acceptors (Lipinski definition) is 3. The number of benzene rings is 2. The summed E-state index contributed by atoms with van der Waals surface area (Å²) in [5.41, 5.74) is 0.571. The largest absolute Gasteiger partial charge is 0.493 e. The number of hydrogen-bond donors (Lipinski definition) is 0. The highest BCUT2D eigenvalue weighted by Gasteiger charge is 2.07. The summed E-state index contributed by atoms with van der Waals surface area (Å²) >= 11 is 11.7. The molecule has 3 nitrogen and oxygen atoms in total. The molecule has 2 aromatic carbocycles. The second kappa shape index (κ2) is 7.46. The summed E-state index contributed by atoms with van der Waals surface area (Å²) in [6.07, 6.45) is 0. The summed E-state index contributed by atoms with van der Waals surface area (Å²) in [5.74, 6) is 0.984. The van der Waals surface area contributed by atoms with Crippen LogP contribution in [0.15, 0.2) is 47.4 Å². The molecule has 1 unspecified atom stereocenters. The molecular formula is C15H11Cl2NO2S. The van der Waals surface area contributed by atoms with E-state index in [0.717, 1.165) is 0 Å². The molecule has 0 saturated carbocycles. The van der Waals surface area contributed by atoms with E-state index in [4.69, 9.17) is 33.2 Å². The van der Waals surface area contributed by atoms with E-state index < -0.39 is 10.8 Å². The van der Waals surface area contributed by atoms with Gasteiger partial charge in [0.15, 0.2) is 0 Å². The minimum Gasteiger partial charge on any atom is -0.493 e. The highest BCUT2D eigenvalue weighted by molar-refractivity contribution is 7.85. The molecule has 0 fully saturated rings. The molecule has 108 valence electrons. The molecular weight excluding hydrogens is 329 g/mol. The third-order valence-corrected chi connectivity index (χ3v) is 4.73. The van der Waals surface area contributed by atoms with Crippen LogP contribution < -0.4 is 4.74 Å². The molecule has 0 aliphatic carbocycles. The van der Waals surface area contributed by atoms with Crippen molar-refractivity contribution >= 4 is 34.0 Å². The number of nitrogens with zero attached hydrogens (tertiary/aromatic N) is 1. The molecule has 1 atom stereocenters. The number of nitriles is 1. The summed E-state index contributed by atoms with van der Waals surface area (Å²) in [6, 6.07) is 13.7. The molecule has 6 heteroatoms. The lowest BCUT2D eigenvalue weighted by Gasteiger charge is -2.07. The Morgan fingerprint density at radius 1 is 1.10 bits per heavy atom. The van der Waals surface area contributed by atoms with Gasteiger partial charge in [-0.25, -0.2) is 0 Å². The van der Waals surface area contributed by atoms with Crippen molar-refractivity contribution in [1.29, 1.82) is 5.26 Å². The summed E-state index contributed by atoms with van der Waals surface area (Å²) in [6.45, 7) is 0.304. The van der Waals surface area contributed by atoms with Crippen molar-refractivity contribution in [2.24, 2.45) is 0 Å². The average molecular weight is 340 g/mol. The Bertz CT molecular complexity index is 696. The van der Waals surface area contributed by atoms with Crippen LogP contribution in [-0.2, 0) is 10.8 Å². The van der Waals surface area contributed by atoms with Crippen LogP contribution in [0.3, 0.4) is 0 Å². The van der Waals surface area contributed by atoms with Crippen molar-refractivity contribution in [1.82, 2.24) is 0 Å². The molecule has 0 aliphatic rings. The first-order chi connectivity index (χ1) is 10.1. The van der Waals surface area contributed by atoms with Gasteiger partial charge in [0.05, 0.1) is 38.2 Å². The maximum absolute atomic E-state index is 12.1. The van der Waals surface area contributed by atoms with Gasteiger partial charge in [-0.2, -0.15) is 5.26 Å². The molecule has 0 saturated heterocycles. The average Bonchev–Trinajstić information content (AvgIpc) is 2.50. The lowest BCUT2D eigenvalue weighted by Crippen LogP contribution is -2.08. The predicted molar refractivity (Wildman–Crippen MR) is 84.4 cm³/mol. The molecule has 0 heterocycles. The molecule has 0 aromatic heterocycles. The Kier molecular flexibility index (Phi) is 5.63. The maximum Gasteiger partial charge on any atom is 0.119 e. The maximum atomic E-state index is 12.1. The lowest BCUT2D eigenvalue weighted by atomic mass is 10.2. The molecule has 0 N–H and O–H groups in total. The van der Waals surface area contributed by atoms with E-state index >= 15 is 0 Å². The molecule has 0 bridgehead atoms. The quantitative estimate of drug-likeness (QED) is 0.825. The van der Waals surface area contributed by atoms with E-state index in [9.17, 15) is 4.21 Å². The van der Waals surface area contributed by atoms with Crippen LogP contribution in [0.1, 0.15) is 5.56 Å². The Morgan fingerprint density at radius 3 is 2.43 bits per heavy atom. The molecule has 2 aromatic rings. The molecule has 21 heavy (non-hydrogen) atoms. The summed E-state index contributed by atoms with van der Waals surface area (Å²) in [4.78, 5) is 0.618. The van der Waals surface area contributed by atoms with Crippen molar-refractivity contribution in [3.63, 3.8) is 0 Å². The topological polar surface area (TPSA) is 50.1 Å². The predicted octanol–water partition coefficient (Wildman–Crippen LogP) is 4.05. The number of ether oxygens (including phenoxy) is 1. The first kappa shape index (κ1) is 15.8. The van der Waals surface area contributed by atoms with E-state index in [1.54, 1.807) is 42.5 Å². The van der Waals surface area contributed by atoms with Gasteiger partial charge in [0.1, 0.15) is 12.4 Å². The zero-order valence-electron chi connectivity index (χ0n) is 10.9. The van der Waals surface area contributed by atoms with E-state index in [1.807, 2.05) is 6.07 Å². The van der Waals surface area contributed by atoms with Crippen molar-refractivity contribution in [2.75, 3.05) is 12.4 Å². The van der Waals surface area contributed by atoms with Crippen LogP contribution in [0.25, 0.3) is 0 Å². The highest BCUT2D eigenvalue weighted by atomic mass is 35.5. The smallest absolute Gasteiger partial charge is 0.119 e. The third kappa shape index (κ3) is 4.47. The minimum atomic E-state index is -1.20. The molecule has 0 aliphatic heterocycles. The molecule has 0 radical (unpaired) electrons. The normalized spacial score (nSPS) is 11.7. The third-order valence-electron chi connectivity index (χ3n) is 2.67. The molecule has 0 amide bonds. The van der Waals surface area contributed by atoms with Gasteiger partial charge in [-0.1, -0.05) is 23.2 Å². The SMILES string of the molecule is N#Cc1ccc(OCCS(=O)c2ccc(Cl)c(Cl)c2)cc1. The zero-order chi connectivity index (χ0) is 15.2. The highest BCUT2D eigenvalue weighted by Crippen LogP contribution is 2.24. The van der Waals surface area contributed by atoms with Crippen LogP contribution in [0.4, 0.5) is 0 Å². The number of halogens is 2. The van der Waals surface area contributed by atoms with Gasteiger partial charge in [0.2, 0.25) is 0 Å². The fourth-order valence-electron chi connectivity index (χ4n) is 1.60. The van der Waals surface area contributed by atoms with Crippen molar-refractivity contribution < 1.29 is 8.95 Å². The van der Waals surface area contributed by atoms with Gasteiger partial charge in [0.25, 0.3) is 0 Å². The van der Waals surface area contributed by atoms with Crippen molar-refractivity contribution in [3.8, 4) is 11.8 Å². The summed E-state index contributed by atoms with van der Waals surface area (Å²) in [5, 5.41) is 9.52. The fraction of sp³-hybridized carbons (Fsp3) is 0.133. The summed E-state index contributed by atoms with van der Waals surface area (Å²) < 4.78 is 17.6. The Balaban J connectivity index is 1.89. The monoisotopic (exact) mass is 339 g/mol. The first-order valence-electron chi connectivity index (χ1n) is 6.06. The fourth-order valence-corrected chi connectivity index (χ4v) is 2.90. The summed E-state index contributed by atoms with van der Waals surface area (Å²) in [7, 11) is -1.20. The van der Waals surface area contributed by atoms with Gasteiger partial charge in [0, 0.05) is 4.90 Å². The van der Waals surface area contributed by atoms with Crippen molar-refractivity contribution in [3.05, 3.63) is 58.1 Å². The van der Waals surface area contributed by atoms with E-state index in [1.165, 1.54) is 0 Å². The second-order valence-corrected chi connectivity index (χ2v) is 6.50. The van der Waals surface area contributed by atoms with Gasteiger partial charge in [-0.05, 0) is 42.5 Å². The van der Waals surface area contributed by atoms with E-state index in [0.29, 0.717) is 38.6 Å². The van der Waals surface area contributed by atoms with Gasteiger partial charge >= 0.3 is 0 Å². The van der Waals surface area contributed by atoms with Crippen LogP contribution >= 0.6 is 23.2 Å². The van der Waals surface area contributed by atoms with Gasteiger partial charge in [-0.15, -0.1) is 0 Å².